The second-order valence-corrected chi connectivity index (χ2v) is 5.22. The van der Waals surface area contributed by atoms with Crippen LogP contribution in [0.15, 0.2) is 16.7 Å². The van der Waals surface area contributed by atoms with E-state index < -0.39 is 6.10 Å². The van der Waals surface area contributed by atoms with Crippen LogP contribution < -0.4 is 5.32 Å². The quantitative estimate of drug-likeness (QED) is 0.910. The fourth-order valence-electron chi connectivity index (χ4n) is 2.08. The molecule has 2 heterocycles. The van der Waals surface area contributed by atoms with Gasteiger partial charge in [-0.25, -0.2) is 0 Å². The Balaban J connectivity index is 1.80. The van der Waals surface area contributed by atoms with Crippen LogP contribution in [0.25, 0.3) is 0 Å². The number of likely N-dealkylation sites (N-methyl/N-ethyl adjacent to an activating group) is 1. The molecule has 0 aliphatic carbocycles. The van der Waals surface area contributed by atoms with Gasteiger partial charge in [0.05, 0.1) is 17.9 Å². The second-order valence-electron chi connectivity index (χ2n) is 4.87. The maximum Gasteiger partial charge on any atom is 0.256 e. The Bertz CT molecular complexity index is 500. The van der Waals surface area contributed by atoms with Gasteiger partial charge in [0.25, 0.3) is 11.8 Å². The lowest BCUT2D eigenvalue weighted by atomic mass is 10.2. The largest absolute Gasteiger partial charge is 0.452 e. The molecule has 0 spiro atoms. The van der Waals surface area contributed by atoms with Gasteiger partial charge in [0.15, 0.2) is 0 Å². The van der Waals surface area contributed by atoms with E-state index in [1.165, 1.54) is 17.2 Å². The van der Waals surface area contributed by atoms with Crippen LogP contribution in [0.4, 0.5) is 0 Å². The van der Waals surface area contributed by atoms with Crippen molar-refractivity contribution in [2.24, 2.45) is 0 Å². The van der Waals surface area contributed by atoms with Gasteiger partial charge in [0, 0.05) is 20.6 Å². The normalized spacial score (nSPS) is 21.8. The Morgan fingerprint density at radius 1 is 1.45 bits per heavy atom. The zero-order valence-corrected chi connectivity index (χ0v) is 12.1. The van der Waals surface area contributed by atoms with E-state index in [1.807, 2.05) is 0 Å². The molecule has 1 N–H and O–H groups in total. The van der Waals surface area contributed by atoms with Crippen molar-refractivity contribution in [2.75, 3.05) is 20.6 Å². The van der Waals surface area contributed by atoms with Crippen molar-refractivity contribution in [3.63, 3.8) is 0 Å². The standard InChI is InChI=1S/C13H17ClN2O4/c1-16(2)13(18)10-4-3-8(20-10)7-15-12(17)9-5-6-19-11(9)14/h5-6,8,10H,3-4,7H2,1-2H3,(H,15,17). The summed E-state index contributed by atoms with van der Waals surface area (Å²) in [5, 5.41) is 2.79. The molecule has 0 radical (unpaired) electrons. The summed E-state index contributed by atoms with van der Waals surface area (Å²) in [5.41, 5.74) is 0.297. The van der Waals surface area contributed by atoms with Crippen LogP contribution in [-0.2, 0) is 9.53 Å². The molecule has 1 saturated heterocycles. The van der Waals surface area contributed by atoms with Crippen LogP contribution in [0, 0.1) is 0 Å². The minimum Gasteiger partial charge on any atom is -0.452 e. The van der Waals surface area contributed by atoms with Crippen molar-refractivity contribution in [3.8, 4) is 0 Å². The monoisotopic (exact) mass is 300 g/mol. The van der Waals surface area contributed by atoms with Gasteiger partial charge in [-0.3, -0.25) is 9.59 Å². The number of hydrogen-bond donors (Lipinski definition) is 1. The molecule has 2 amide bonds. The first-order valence-electron chi connectivity index (χ1n) is 6.37. The number of carbonyl (C=O) groups is 2. The zero-order valence-electron chi connectivity index (χ0n) is 11.4. The van der Waals surface area contributed by atoms with Gasteiger partial charge >= 0.3 is 0 Å². The lowest BCUT2D eigenvalue weighted by Crippen LogP contribution is -2.36. The Morgan fingerprint density at radius 3 is 2.80 bits per heavy atom. The first-order valence-corrected chi connectivity index (χ1v) is 6.74. The molecular formula is C13H17ClN2O4. The summed E-state index contributed by atoms with van der Waals surface area (Å²) in [4.78, 5) is 25.1. The molecule has 2 rings (SSSR count). The summed E-state index contributed by atoms with van der Waals surface area (Å²) in [6, 6.07) is 1.51. The van der Waals surface area contributed by atoms with Crippen LogP contribution in [0.2, 0.25) is 5.22 Å². The third-order valence-electron chi connectivity index (χ3n) is 3.18. The van der Waals surface area contributed by atoms with Crippen LogP contribution in [0.1, 0.15) is 23.2 Å². The number of ether oxygens (including phenoxy) is 1. The molecule has 110 valence electrons. The third-order valence-corrected chi connectivity index (χ3v) is 3.47. The Morgan fingerprint density at radius 2 is 2.20 bits per heavy atom. The fraction of sp³-hybridized carbons (Fsp3) is 0.538. The van der Waals surface area contributed by atoms with E-state index in [0.717, 1.165) is 6.42 Å². The van der Waals surface area contributed by atoms with Crippen molar-refractivity contribution in [2.45, 2.75) is 25.0 Å². The fourth-order valence-corrected chi connectivity index (χ4v) is 2.28. The highest BCUT2D eigenvalue weighted by Gasteiger charge is 2.31. The van der Waals surface area contributed by atoms with Crippen molar-refractivity contribution < 1.29 is 18.7 Å². The Hall–Kier alpha value is -1.53. The molecule has 0 aromatic carbocycles. The number of nitrogens with zero attached hydrogens (tertiary/aromatic N) is 1. The molecule has 2 atom stereocenters. The summed E-state index contributed by atoms with van der Waals surface area (Å²) >= 11 is 5.72. The minimum absolute atomic E-state index is 0.0447. The average molecular weight is 301 g/mol. The first-order chi connectivity index (χ1) is 9.49. The molecule has 2 unspecified atom stereocenters. The Kier molecular flexibility index (Phi) is 4.67. The number of furan rings is 1. The summed E-state index contributed by atoms with van der Waals surface area (Å²) in [5.74, 6) is -0.355. The van der Waals surface area contributed by atoms with Gasteiger partial charge in [0.2, 0.25) is 5.22 Å². The molecule has 0 bridgehead atoms. The van der Waals surface area contributed by atoms with Crippen molar-refractivity contribution in [1.82, 2.24) is 10.2 Å². The van der Waals surface area contributed by atoms with E-state index in [2.05, 4.69) is 5.32 Å². The molecule has 6 nitrogen and oxygen atoms in total. The number of carbonyl (C=O) groups excluding carboxylic acids is 2. The maximum atomic E-state index is 11.8. The summed E-state index contributed by atoms with van der Waals surface area (Å²) in [6.45, 7) is 0.345. The van der Waals surface area contributed by atoms with Crippen LogP contribution in [0.3, 0.4) is 0 Å². The van der Waals surface area contributed by atoms with Crippen molar-refractivity contribution in [3.05, 3.63) is 23.1 Å². The maximum absolute atomic E-state index is 11.8. The van der Waals surface area contributed by atoms with Crippen LogP contribution in [0.5, 0.6) is 0 Å². The number of nitrogens with one attached hydrogen (secondary N) is 1. The highest BCUT2D eigenvalue weighted by molar-refractivity contribution is 6.32. The number of halogens is 1. The molecular weight excluding hydrogens is 284 g/mol. The molecule has 1 aromatic heterocycles. The average Bonchev–Trinajstić information content (AvgIpc) is 3.03. The van der Waals surface area contributed by atoms with E-state index in [4.69, 9.17) is 20.8 Å². The highest BCUT2D eigenvalue weighted by atomic mass is 35.5. The lowest BCUT2D eigenvalue weighted by Gasteiger charge is -2.17. The van der Waals surface area contributed by atoms with Crippen LogP contribution in [-0.4, -0.2) is 49.6 Å². The highest BCUT2D eigenvalue weighted by Crippen LogP contribution is 2.21. The lowest BCUT2D eigenvalue weighted by molar-refractivity contribution is -0.140. The second kappa shape index (κ2) is 6.28. The topological polar surface area (TPSA) is 71.8 Å². The minimum atomic E-state index is -0.413. The molecule has 1 fully saturated rings. The summed E-state index contributed by atoms with van der Waals surface area (Å²) in [7, 11) is 3.39. The van der Waals surface area contributed by atoms with E-state index in [1.54, 1.807) is 14.1 Å². The van der Waals surface area contributed by atoms with Gasteiger partial charge < -0.3 is 19.4 Å². The van der Waals surface area contributed by atoms with Gasteiger partial charge in [-0.05, 0) is 30.5 Å². The predicted molar refractivity (Wildman–Crippen MR) is 72.6 cm³/mol. The van der Waals surface area contributed by atoms with Gasteiger partial charge in [-0.2, -0.15) is 0 Å². The SMILES string of the molecule is CN(C)C(=O)C1CCC(CNC(=O)c2ccoc2Cl)O1. The summed E-state index contributed by atoms with van der Waals surface area (Å²) < 4.78 is 10.5. The molecule has 7 heteroatoms. The molecule has 1 aliphatic heterocycles. The van der Waals surface area contributed by atoms with Crippen molar-refractivity contribution >= 4 is 23.4 Å². The third kappa shape index (κ3) is 3.32. The van der Waals surface area contributed by atoms with E-state index in [-0.39, 0.29) is 23.1 Å². The molecule has 1 aromatic rings. The summed E-state index contributed by atoms with van der Waals surface area (Å²) in [6.07, 6.45) is 2.20. The number of amides is 2. The smallest absolute Gasteiger partial charge is 0.256 e. The molecule has 0 saturated carbocycles. The number of hydrogen-bond acceptors (Lipinski definition) is 4. The van der Waals surface area contributed by atoms with Crippen LogP contribution >= 0.6 is 11.6 Å². The van der Waals surface area contributed by atoms with E-state index in [9.17, 15) is 9.59 Å². The first kappa shape index (κ1) is 14.9. The zero-order chi connectivity index (χ0) is 14.7. The van der Waals surface area contributed by atoms with E-state index >= 15 is 0 Å². The molecule has 1 aliphatic rings. The predicted octanol–water partition coefficient (Wildman–Crippen LogP) is 1.30. The van der Waals surface area contributed by atoms with Crippen molar-refractivity contribution in [1.29, 1.82) is 0 Å². The van der Waals surface area contributed by atoms with Gasteiger partial charge in [0.1, 0.15) is 6.10 Å². The number of rotatable bonds is 4. The molecule has 20 heavy (non-hydrogen) atoms. The van der Waals surface area contributed by atoms with E-state index in [0.29, 0.717) is 18.5 Å². The van der Waals surface area contributed by atoms with Gasteiger partial charge in [-0.1, -0.05) is 0 Å². The Labute approximate surface area is 122 Å². The van der Waals surface area contributed by atoms with Gasteiger partial charge in [-0.15, -0.1) is 0 Å².